The first-order valence-electron chi connectivity index (χ1n) is 9.66. The number of hydrogen-bond acceptors (Lipinski definition) is 4. The highest BCUT2D eigenvalue weighted by molar-refractivity contribution is 5.95. The lowest BCUT2D eigenvalue weighted by Crippen LogP contribution is -2.31. The Labute approximate surface area is 169 Å². The normalized spacial score (nSPS) is 12.0. The smallest absolute Gasteiger partial charge is 0.305 e. The van der Waals surface area contributed by atoms with E-state index in [9.17, 15) is 14.7 Å². The van der Waals surface area contributed by atoms with Crippen LogP contribution in [0.5, 0.6) is 5.75 Å². The van der Waals surface area contributed by atoms with Crippen molar-refractivity contribution in [1.82, 2.24) is 14.7 Å². The van der Waals surface area contributed by atoms with E-state index in [4.69, 9.17) is 4.74 Å². The van der Waals surface area contributed by atoms with Crippen molar-refractivity contribution in [2.24, 2.45) is 0 Å². The van der Waals surface area contributed by atoms with Gasteiger partial charge in [-0.1, -0.05) is 31.2 Å². The molecular weight excluding hydrogens is 370 g/mol. The van der Waals surface area contributed by atoms with Gasteiger partial charge in [0.1, 0.15) is 5.69 Å². The van der Waals surface area contributed by atoms with E-state index in [0.29, 0.717) is 29.4 Å². The van der Waals surface area contributed by atoms with Crippen LogP contribution in [0.15, 0.2) is 42.6 Å². The highest BCUT2D eigenvalue weighted by atomic mass is 16.5. The minimum Gasteiger partial charge on any atom is -0.490 e. The molecule has 7 heteroatoms. The summed E-state index contributed by atoms with van der Waals surface area (Å²) in [5.74, 6) is -0.771. The van der Waals surface area contributed by atoms with Gasteiger partial charge in [-0.2, -0.15) is 0 Å². The van der Waals surface area contributed by atoms with E-state index in [1.807, 2.05) is 31.2 Å². The molecule has 29 heavy (non-hydrogen) atoms. The number of nitrogens with zero attached hydrogens (tertiary/aromatic N) is 2. The summed E-state index contributed by atoms with van der Waals surface area (Å²) < 4.78 is 7.27. The summed E-state index contributed by atoms with van der Waals surface area (Å²) in [6.07, 6.45) is 2.42. The second-order valence-electron chi connectivity index (χ2n) is 6.76. The molecule has 0 spiro atoms. The third kappa shape index (κ3) is 4.39. The number of fused-ring (bicyclic) bond motifs is 1. The Kier molecular flexibility index (Phi) is 6.16. The van der Waals surface area contributed by atoms with Crippen LogP contribution >= 0.6 is 0 Å². The maximum atomic E-state index is 13.1. The van der Waals surface area contributed by atoms with Crippen molar-refractivity contribution in [1.29, 1.82) is 0 Å². The molecule has 1 atom stereocenters. The summed E-state index contributed by atoms with van der Waals surface area (Å²) in [6.45, 7) is 6.17. The van der Waals surface area contributed by atoms with E-state index >= 15 is 0 Å². The number of pyridine rings is 1. The molecule has 1 aromatic carbocycles. The Bertz CT molecular complexity index is 1020. The van der Waals surface area contributed by atoms with E-state index in [-0.39, 0.29) is 12.3 Å². The average molecular weight is 395 g/mol. The first-order chi connectivity index (χ1) is 13.9. The number of benzene rings is 1. The highest BCUT2D eigenvalue weighted by Gasteiger charge is 2.23. The van der Waals surface area contributed by atoms with Crippen LogP contribution in [0.1, 0.15) is 53.6 Å². The van der Waals surface area contributed by atoms with Crippen LogP contribution in [0.4, 0.5) is 0 Å². The molecule has 0 aliphatic carbocycles. The zero-order chi connectivity index (χ0) is 21.0. The van der Waals surface area contributed by atoms with Crippen LogP contribution in [-0.4, -0.2) is 33.0 Å². The number of aromatic nitrogens is 2. The van der Waals surface area contributed by atoms with E-state index in [0.717, 1.165) is 17.5 Å². The van der Waals surface area contributed by atoms with Crippen LogP contribution in [0.3, 0.4) is 0 Å². The lowest BCUT2D eigenvalue weighted by molar-refractivity contribution is -0.137. The van der Waals surface area contributed by atoms with Crippen molar-refractivity contribution < 1.29 is 19.4 Å². The molecule has 7 nitrogen and oxygen atoms in total. The molecule has 2 aromatic heterocycles. The number of nitrogens with one attached hydrogen (secondary N) is 1. The second kappa shape index (κ2) is 8.77. The molecule has 0 saturated heterocycles. The predicted octanol–water partition coefficient (Wildman–Crippen LogP) is 3.55. The SMILES string of the molecule is CCOc1cccn2c(C(=O)NC(CC(=O)O)c3ccc(CC)cc3)c(C)nc12. The topological polar surface area (TPSA) is 92.9 Å². The van der Waals surface area contributed by atoms with Gasteiger partial charge in [-0.25, -0.2) is 4.98 Å². The molecule has 3 rings (SSSR count). The van der Waals surface area contributed by atoms with E-state index in [2.05, 4.69) is 17.2 Å². The van der Waals surface area contributed by atoms with E-state index in [1.165, 1.54) is 0 Å². The monoisotopic (exact) mass is 395 g/mol. The minimum absolute atomic E-state index is 0.211. The molecule has 0 aliphatic rings. The number of carbonyl (C=O) groups excluding carboxylic acids is 1. The average Bonchev–Trinajstić information content (AvgIpc) is 3.04. The molecule has 0 fully saturated rings. The fourth-order valence-electron chi connectivity index (χ4n) is 3.34. The lowest BCUT2D eigenvalue weighted by atomic mass is 10.0. The van der Waals surface area contributed by atoms with Gasteiger partial charge in [0.15, 0.2) is 11.4 Å². The number of carboxylic acid groups (broad SMARTS) is 1. The standard InChI is InChI=1S/C22H25N3O4/c1-4-15-8-10-16(11-9-15)17(13-19(26)27)24-22(28)20-14(3)23-21-18(29-5-2)7-6-12-25(20)21/h6-12,17H,4-5,13H2,1-3H3,(H,24,28)(H,26,27). The fourth-order valence-corrected chi connectivity index (χ4v) is 3.34. The lowest BCUT2D eigenvalue weighted by Gasteiger charge is -2.18. The number of aliphatic carboxylic acids is 1. The predicted molar refractivity (Wildman–Crippen MR) is 109 cm³/mol. The second-order valence-corrected chi connectivity index (χ2v) is 6.76. The molecule has 0 aliphatic heterocycles. The number of carboxylic acids is 1. The summed E-state index contributed by atoms with van der Waals surface area (Å²) in [7, 11) is 0. The van der Waals surface area contributed by atoms with E-state index < -0.39 is 12.0 Å². The van der Waals surface area contributed by atoms with Gasteiger partial charge in [0.2, 0.25) is 0 Å². The molecule has 152 valence electrons. The first-order valence-corrected chi connectivity index (χ1v) is 9.66. The number of amides is 1. The van der Waals surface area contributed by atoms with Gasteiger partial charge in [-0.15, -0.1) is 0 Å². The summed E-state index contributed by atoms with van der Waals surface area (Å²) >= 11 is 0. The van der Waals surface area contributed by atoms with Crippen LogP contribution < -0.4 is 10.1 Å². The molecule has 2 N–H and O–H groups in total. The van der Waals surface area contributed by atoms with Crippen molar-refractivity contribution >= 4 is 17.5 Å². The zero-order valence-electron chi connectivity index (χ0n) is 16.8. The molecule has 2 heterocycles. The minimum atomic E-state index is -0.983. The molecule has 1 amide bonds. The van der Waals surface area contributed by atoms with Crippen molar-refractivity contribution in [3.63, 3.8) is 0 Å². The van der Waals surface area contributed by atoms with Gasteiger partial charge in [0.25, 0.3) is 5.91 Å². The van der Waals surface area contributed by atoms with Crippen LogP contribution in [-0.2, 0) is 11.2 Å². The van der Waals surface area contributed by atoms with Gasteiger partial charge >= 0.3 is 5.97 Å². The van der Waals surface area contributed by atoms with Crippen LogP contribution in [0.25, 0.3) is 5.65 Å². The fraction of sp³-hybridized carbons (Fsp3) is 0.318. The number of carbonyl (C=O) groups is 2. The molecule has 3 aromatic rings. The van der Waals surface area contributed by atoms with Crippen molar-refractivity contribution in [2.75, 3.05) is 6.61 Å². The van der Waals surface area contributed by atoms with Gasteiger partial charge < -0.3 is 15.2 Å². The van der Waals surface area contributed by atoms with Gasteiger partial charge in [0.05, 0.1) is 24.8 Å². The zero-order valence-corrected chi connectivity index (χ0v) is 16.8. The Balaban J connectivity index is 1.94. The van der Waals surface area contributed by atoms with Crippen LogP contribution in [0.2, 0.25) is 0 Å². The Hall–Kier alpha value is -3.35. The van der Waals surface area contributed by atoms with Crippen molar-refractivity contribution in [3.8, 4) is 5.75 Å². The first kappa shape index (κ1) is 20.4. The van der Waals surface area contributed by atoms with E-state index in [1.54, 1.807) is 29.7 Å². The number of hydrogen-bond donors (Lipinski definition) is 2. The van der Waals surface area contributed by atoms with Gasteiger partial charge in [0, 0.05) is 6.20 Å². The Morgan fingerprint density at radius 2 is 1.93 bits per heavy atom. The summed E-state index contributed by atoms with van der Waals surface area (Å²) in [5, 5.41) is 12.2. The summed E-state index contributed by atoms with van der Waals surface area (Å²) in [4.78, 5) is 29.0. The molecule has 0 saturated carbocycles. The molecule has 0 radical (unpaired) electrons. The Morgan fingerprint density at radius 3 is 2.55 bits per heavy atom. The molecular formula is C22H25N3O4. The van der Waals surface area contributed by atoms with Crippen molar-refractivity contribution in [2.45, 2.75) is 39.7 Å². The van der Waals surface area contributed by atoms with Gasteiger partial charge in [-0.3, -0.25) is 14.0 Å². The third-order valence-electron chi connectivity index (χ3n) is 4.78. The summed E-state index contributed by atoms with van der Waals surface area (Å²) in [5.41, 5.74) is 3.36. The largest absolute Gasteiger partial charge is 0.490 e. The Morgan fingerprint density at radius 1 is 1.21 bits per heavy atom. The highest BCUT2D eigenvalue weighted by Crippen LogP contribution is 2.24. The summed E-state index contributed by atoms with van der Waals surface area (Å²) in [6, 6.07) is 10.6. The van der Waals surface area contributed by atoms with Crippen LogP contribution in [0, 0.1) is 6.92 Å². The van der Waals surface area contributed by atoms with Crippen molar-refractivity contribution in [3.05, 3.63) is 65.1 Å². The number of imidazole rings is 1. The number of rotatable bonds is 8. The third-order valence-corrected chi connectivity index (χ3v) is 4.78. The molecule has 1 unspecified atom stereocenters. The van der Waals surface area contributed by atoms with Gasteiger partial charge in [-0.05, 0) is 43.5 Å². The maximum Gasteiger partial charge on any atom is 0.305 e. The number of aryl methyl sites for hydroxylation is 2. The molecule has 0 bridgehead atoms. The maximum absolute atomic E-state index is 13.1. The quantitative estimate of drug-likeness (QED) is 0.608. The number of ether oxygens (including phenoxy) is 1.